The van der Waals surface area contributed by atoms with Gasteiger partial charge in [0.2, 0.25) is 0 Å². The van der Waals surface area contributed by atoms with Crippen molar-refractivity contribution in [2.24, 2.45) is 4.99 Å². The van der Waals surface area contributed by atoms with E-state index in [0.717, 1.165) is 49.0 Å². The highest BCUT2D eigenvalue weighted by Crippen LogP contribution is 2.20. The molecule has 1 aliphatic heterocycles. The second-order valence-electron chi connectivity index (χ2n) is 7.99. The van der Waals surface area contributed by atoms with Crippen LogP contribution in [0.4, 0.5) is 5.69 Å². The summed E-state index contributed by atoms with van der Waals surface area (Å²) in [6, 6.07) is 17.4. The SMILES string of the molecule is CCNC(=NCc1cccc(-c2ncn[nH]2)c1)NC1CCCN(c2ccc(C)cc2)C1. The summed E-state index contributed by atoms with van der Waals surface area (Å²) in [4.78, 5) is 11.5. The Balaban J connectivity index is 1.41. The maximum absolute atomic E-state index is 4.84. The topological polar surface area (TPSA) is 81.2 Å². The summed E-state index contributed by atoms with van der Waals surface area (Å²) in [6.07, 6.45) is 3.84. The molecule has 7 heteroatoms. The first-order chi connectivity index (χ1) is 15.2. The third kappa shape index (κ3) is 5.63. The van der Waals surface area contributed by atoms with Gasteiger partial charge in [-0.2, -0.15) is 5.10 Å². The first kappa shape index (κ1) is 20.9. The monoisotopic (exact) mass is 417 g/mol. The van der Waals surface area contributed by atoms with E-state index in [-0.39, 0.29) is 0 Å². The Morgan fingerprint density at radius 1 is 1.23 bits per heavy atom. The van der Waals surface area contributed by atoms with Crippen LogP contribution >= 0.6 is 0 Å². The molecule has 0 saturated carbocycles. The molecule has 1 unspecified atom stereocenters. The van der Waals surface area contributed by atoms with Gasteiger partial charge < -0.3 is 15.5 Å². The third-order valence-corrected chi connectivity index (χ3v) is 5.54. The average molecular weight is 418 g/mol. The van der Waals surface area contributed by atoms with Crippen LogP contribution in [0.3, 0.4) is 0 Å². The van der Waals surface area contributed by atoms with Crippen LogP contribution in [-0.4, -0.2) is 46.8 Å². The summed E-state index contributed by atoms with van der Waals surface area (Å²) in [5.74, 6) is 1.64. The van der Waals surface area contributed by atoms with Crippen LogP contribution in [-0.2, 0) is 6.54 Å². The Hall–Kier alpha value is -3.35. The molecule has 7 nitrogen and oxygen atoms in total. The Kier molecular flexibility index (Phi) is 6.82. The van der Waals surface area contributed by atoms with Gasteiger partial charge in [0.15, 0.2) is 11.8 Å². The molecule has 1 fully saturated rings. The number of aromatic nitrogens is 3. The van der Waals surface area contributed by atoms with E-state index in [1.165, 1.54) is 24.0 Å². The van der Waals surface area contributed by atoms with Crippen LogP contribution < -0.4 is 15.5 Å². The smallest absolute Gasteiger partial charge is 0.191 e. The van der Waals surface area contributed by atoms with Gasteiger partial charge in [-0.1, -0.05) is 35.9 Å². The number of piperidine rings is 1. The molecule has 0 aliphatic carbocycles. The molecule has 3 aromatic rings. The van der Waals surface area contributed by atoms with E-state index < -0.39 is 0 Å². The van der Waals surface area contributed by atoms with Gasteiger partial charge in [0.1, 0.15) is 6.33 Å². The van der Waals surface area contributed by atoms with E-state index in [4.69, 9.17) is 4.99 Å². The number of guanidine groups is 1. The molecular weight excluding hydrogens is 386 g/mol. The highest BCUT2D eigenvalue weighted by atomic mass is 15.2. The first-order valence-electron chi connectivity index (χ1n) is 11.0. The number of nitrogens with zero attached hydrogens (tertiary/aromatic N) is 4. The van der Waals surface area contributed by atoms with Gasteiger partial charge >= 0.3 is 0 Å². The van der Waals surface area contributed by atoms with Crippen LogP contribution in [0.1, 0.15) is 30.9 Å². The normalized spacial score (nSPS) is 16.9. The van der Waals surface area contributed by atoms with Gasteiger partial charge in [-0.05, 0) is 50.5 Å². The average Bonchev–Trinajstić information content (AvgIpc) is 3.34. The number of rotatable bonds is 6. The molecule has 4 rings (SSSR count). The molecule has 1 aromatic heterocycles. The standard InChI is InChI=1S/C24H31N7/c1-3-25-24(26-15-19-6-4-7-20(14-19)23-27-17-28-30-23)29-21-8-5-13-31(16-21)22-11-9-18(2)10-12-22/h4,6-7,9-12,14,17,21H,3,5,8,13,15-16H2,1-2H3,(H2,25,26,29)(H,27,28,30). The van der Waals surface area contributed by atoms with Crippen LogP contribution in [0.15, 0.2) is 59.9 Å². The zero-order valence-electron chi connectivity index (χ0n) is 18.3. The van der Waals surface area contributed by atoms with Crippen molar-refractivity contribution < 1.29 is 0 Å². The lowest BCUT2D eigenvalue weighted by atomic mass is 10.0. The Bertz CT molecular complexity index is 979. The van der Waals surface area contributed by atoms with Crippen molar-refractivity contribution in [3.8, 4) is 11.4 Å². The molecule has 1 aliphatic rings. The summed E-state index contributed by atoms with van der Waals surface area (Å²) < 4.78 is 0. The fraction of sp³-hybridized carbons (Fsp3) is 0.375. The first-order valence-corrected chi connectivity index (χ1v) is 11.0. The lowest BCUT2D eigenvalue weighted by molar-refractivity contribution is 0.468. The Labute approximate surface area is 184 Å². The Morgan fingerprint density at radius 2 is 2.10 bits per heavy atom. The molecule has 0 radical (unpaired) electrons. The number of aromatic amines is 1. The van der Waals surface area contributed by atoms with E-state index in [1.54, 1.807) is 0 Å². The molecule has 2 heterocycles. The quantitative estimate of drug-likeness (QED) is 0.422. The van der Waals surface area contributed by atoms with Gasteiger partial charge in [0.05, 0.1) is 6.54 Å². The molecule has 0 bridgehead atoms. The number of benzene rings is 2. The second kappa shape index (κ2) is 10.1. The van der Waals surface area contributed by atoms with Crippen LogP contribution in [0.2, 0.25) is 0 Å². The molecule has 0 amide bonds. The number of hydrogen-bond donors (Lipinski definition) is 3. The van der Waals surface area contributed by atoms with Crippen molar-refractivity contribution in [2.45, 2.75) is 39.3 Å². The number of aliphatic imine (C=N–C) groups is 1. The number of H-pyrrole nitrogens is 1. The third-order valence-electron chi connectivity index (χ3n) is 5.54. The fourth-order valence-corrected chi connectivity index (χ4v) is 3.93. The van der Waals surface area contributed by atoms with Gasteiger partial charge in [0, 0.05) is 36.9 Å². The van der Waals surface area contributed by atoms with Gasteiger partial charge in [0.25, 0.3) is 0 Å². The maximum Gasteiger partial charge on any atom is 0.191 e. The highest BCUT2D eigenvalue weighted by Gasteiger charge is 2.21. The Morgan fingerprint density at radius 3 is 2.87 bits per heavy atom. The minimum atomic E-state index is 0.369. The molecule has 162 valence electrons. The largest absolute Gasteiger partial charge is 0.369 e. The molecule has 1 saturated heterocycles. The minimum Gasteiger partial charge on any atom is -0.369 e. The minimum absolute atomic E-state index is 0.369. The van der Waals surface area contributed by atoms with E-state index in [0.29, 0.717) is 12.6 Å². The number of anilines is 1. The molecule has 0 spiro atoms. The lowest BCUT2D eigenvalue weighted by Crippen LogP contribution is -2.51. The van der Waals surface area contributed by atoms with E-state index in [1.807, 2.05) is 12.1 Å². The predicted octanol–water partition coefficient (Wildman–Crippen LogP) is 3.50. The molecule has 2 aromatic carbocycles. The summed E-state index contributed by atoms with van der Waals surface area (Å²) in [5, 5.41) is 13.9. The molecule has 31 heavy (non-hydrogen) atoms. The van der Waals surface area contributed by atoms with Gasteiger partial charge in [-0.25, -0.2) is 9.98 Å². The van der Waals surface area contributed by atoms with Gasteiger partial charge in [-0.15, -0.1) is 0 Å². The summed E-state index contributed by atoms with van der Waals surface area (Å²) in [7, 11) is 0. The van der Waals surface area contributed by atoms with E-state index in [9.17, 15) is 0 Å². The zero-order valence-corrected chi connectivity index (χ0v) is 18.3. The van der Waals surface area contributed by atoms with Crippen LogP contribution in [0, 0.1) is 6.92 Å². The number of nitrogens with one attached hydrogen (secondary N) is 3. The van der Waals surface area contributed by atoms with Crippen LogP contribution in [0.25, 0.3) is 11.4 Å². The van der Waals surface area contributed by atoms with E-state index >= 15 is 0 Å². The summed E-state index contributed by atoms with van der Waals surface area (Å²) in [5.41, 5.74) is 4.74. The molecule has 3 N–H and O–H groups in total. The van der Waals surface area contributed by atoms with Gasteiger partial charge in [-0.3, -0.25) is 5.10 Å². The van der Waals surface area contributed by atoms with Crippen molar-refractivity contribution in [1.29, 1.82) is 0 Å². The summed E-state index contributed by atoms with van der Waals surface area (Å²) >= 11 is 0. The maximum atomic E-state index is 4.84. The zero-order chi connectivity index (χ0) is 21.5. The number of aryl methyl sites for hydroxylation is 1. The highest BCUT2D eigenvalue weighted by molar-refractivity contribution is 5.80. The number of hydrogen-bond acceptors (Lipinski definition) is 4. The van der Waals surface area contributed by atoms with Crippen molar-refractivity contribution in [3.63, 3.8) is 0 Å². The van der Waals surface area contributed by atoms with E-state index in [2.05, 4.69) is 81.0 Å². The lowest BCUT2D eigenvalue weighted by Gasteiger charge is -2.35. The van der Waals surface area contributed by atoms with Crippen molar-refractivity contribution in [1.82, 2.24) is 25.8 Å². The van der Waals surface area contributed by atoms with Crippen molar-refractivity contribution >= 4 is 11.6 Å². The molecular formula is C24H31N7. The second-order valence-corrected chi connectivity index (χ2v) is 7.99. The summed E-state index contributed by atoms with van der Waals surface area (Å²) in [6.45, 7) is 7.74. The van der Waals surface area contributed by atoms with Crippen molar-refractivity contribution in [3.05, 3.63) is 66.0 Å². The van der Waals surface area contributed by atoms with Crippen molar-refractivity contribution in [2.75, 3.05) is 24.5 Å². The molecule has 1 atom stereocenters. The fourth-order valence-electron chi connectivity index (χ4n) is 3.93. The predicted molar refractivity (Wildman–Crippen MR) is 126 cm³/mol. The van der Waals surface area contributed by atoms with Crippen LogP contribution in [0.5, 0.6) is 0 Å².